The summed E-state index contributed by atoms with van der Waals surface area (Å²) in [7, 11) is 0. The summed E-state index contributed by atoms with van der Waals surface area (Å²) in [4.78, 5) is 16.1. The van der Waals surface area contributed by atoms with Gasteiger partial charge >= 0.3 is 0 Å². The molecule has 2 aromatic carbocycles. The fourth-order valence-corrected chi connectivity index (χ4v) is 2.74. The molecule has 0 radical (unpaired) electrons. The first-order chi connectivity index (χ1) is 11.6. The first-order valence-corrected chi connectivity index (χ1v) is 8.12. The summed E-state index contributed by atoms with van der Waals surface area (Å²) in [6.45, 7) is 3.10. The molecular weight excluding hydrogens is 300 g/mol. The molecule has 1 heterocycles. The van der Waals surface area contributed by atoms with Gasteiger partial charge in [0.2, 0.25) is 5.91 Å². The number of hydrogen-bond acceptors (Lipinski definition) is 3. The first-order valence-electron chi connectivity index (χ1n) is 8.12. The SMILES string of the molecule is CC(N)CC(=O)NCc1cccc(Cn2cnc3ccccc32)c1. The third-order valence-electron chi connectivity index (χ3n) is 3.87. The summed E-state index contributed by atoms with van der Waals surface area (Å²) in [6.07, 6.45) is 2.21. The van der Waals surface area contributed by atoms with E-state index in [1.807, 2.05) is 43.6 Å². The van der Waals surface area contributed by atoms with Crippen molar-refractivity contribution in [2.45, 2.75) is 32.5 Å². The maximum Gasteiger partial charge on any atom is 0.221 e. The highest BCUT2D eigenvalue weighted by atomic mass is 16.1. The van der Waals surface area contributed by atoms with Gasteiger partial charge in [-0.25, -0.2) is 4.98 Å². The number of nitrogens with zero attached hydrogens (tertiary/aromatic N) is 2. The number of hydrogen-bond donors (Lipinski definition) is 2. The van der Waals surface area contributed by atoms with Crippen LogP contribution in [-0.2, 0) is 17.9 Å². The van der Waals surface area contributed by atoms with Crippen molar-refractivity contribution in [3.05, 3.63) is 66.0 Å². The maximum atomic E-state index is 11.7. The lowest BCUT2D eigenvalue weighted by Gasteiger charge is -2.09. The van der Waals surface area contributed by atoms with Crippen molar-refractivity contribution < 1.29 is 4.79 Å². The molecule has 0 saturated heterocycles. The summed E-state index contributed by atoms with van der Waals surface area (Å²) < 4.78 is 2.13. The average molecular weight is 322 g/mol. The number of fused-ring (bicyclic) bond motifs is 1. The van der Waals surface area contributed by atoms with E-state index < -0.39 is 0 Å². The molecule has 1 unspecified atom stereocenters. The Morgan fingerprint density at radius 3 is 2.83 bits per heavy atom. The Kier molecular flexibility index (Phi) is 4.91. The fraction of sp³-hybridized carbons (Fsp3) is 0.263. The number of aromatic nitrogens is 2. The number of imidazole rings is 1. The molecule has 3 N–H and O–H groups in total. The molecule has 3 aromatic rings. The lowest BCUT2D eigenvalue weighted by atomic mass is 10.1. The molecule has 1 atom stereocenters. The van der Waals surface area contributed by atoms with Crippen molar-refractivity contribution in [2.75, 3.05) is 0 Å². The van der Waals surface area contributed by atoms with Gasteiger partial charge in [0.15, 0.2) is 0 Å². The fourth-order valence-electron chi connectivity index (χ4n) is 2.74. The van der Waals surface area contributed by atoms with E-state index in [4.69, 9.17) is 5.73 Å². The van der Waals surface area contributed by atoms with Gasteiger partial charge in [-0.15, -0.1) is 0 Å². The molecule has 24 heavy (non-hydrogen) atoms. The molecular formula is C19H22N4O. The molecule has 0 bridgehead atoms. The summed E-state index contributed by atoms with van der Waals surface area (Å²) >= 11 is 0. The van der Waals surface area contributed by atoms with E-state index in [-0.39, 0.29) is 11.9 Å². The summed E-state index contributed by atoms with van der Waals surface area (Å²) in [6, 6.07) is 16.2. The predicted molar refractivity (Wildman–Crippen MR) is 95.4 cm³/mol. The lowest BCUT2D eigenvalue weighted by molar-refractivity contribution is -0.121. The number of para-hydroxylation sites is 2. The van der Waals surface area contributed by atoms with E-state index in [0.717, 1.165) is 23.1 Å². The highest BCUT2D eigenvalue weighted by Gasteiger charge is 2.06. The van der Waals surface area contributed by atoms with Crippen LogP contribution in [0.3, 0.4) is 0 Å². The number of nitrogens with one attached hydrogen (secondary N) is 1. The standard InChI is InChI=1S/C19H22N4O/c1-14(20)9-19(24)21-11-15-5-4-6-16(10-15)12-23-13-22-17-7-2-3-8-18(17)23/h2-8,10,13-14H,9,11-12,20H2,1H3,(H,21,24). The van der Waals surface area contributed by atoms with Gasteiger partial charge in [-0.1, -0.05) is 36.4 Å². The van der Waals surface area contributed by atoms with E-state index in [2.05, 4.69) is 33.1 Å². The van der Waals surface area contributed by atoms with E-state index in [1.165, 1.54) is 5.56 Å². The molecule has 0 aliphatic carbocycles. The van der Waals surface area contributed by atoms with Crippen molar-refractivity contribution in [3.63, 3.8) is 0 Å². The van der Waals surface area contributed by atoms with E-state index in [0.29, 0.717) is 13.0 Å². The molecule has 5 heteroatoms. The molecule has 0 spiro atoms. The smallest absolute Gasteiger partial charge is 0.221 e. The van der Waals surface area contributed by atoms with Gasteiger partial charge in [0.05, 0.1) is 17.4 Å². The van der Waals surface area contributed by atoms with Gasteiger partial charge in [-0.2, -0.15) is 0 Å². The Morgan fingerprint density at radius 1 is 1.21 bits per heavy atom. The van der Waals surface area contributed by atoms with Crippen LogP contribution in [0.15, 0.2) is 54.9 Å². The Morgan fingerprint density at radius 2 is 2.00 bits per heavy atom. The monoisotopic (exact) mass is 322 g/mol. The average Bonchev–Trinajstić information content (AvgIpc) is 2.96. The molecule has 0 aliphatic rings. The largest absolute Gasteiger partial charge is 0.352 e. The minimum Gasteiger partial charge on any atom is -0.352 e. The molecule has 124 valence electrons. The minimum atomic E-state index is -0.120. The van der Waals surface area contributed by atoms with Crippen LogP contribution in [0.5, 0.6) is 0 Å². The van der Waals surface area contributed by atoms with Crippen LogP contribution >= 0.6 is 0 Å². The van der Waals surface area contributed by atoms with Gasteiger partial charge in [-0.05, 0) is 30.2 Å². The molecule has 0 saturated carbocycles. The van der Waals surface area contributed by atoms with Crippen LogP contribution in [0.2, 0.25) is 0 Å². The number of carbonyl (C=O) groups is 1. The van der Waals surface area contributed by atoms with Crippen molar-refractivity contribution in [1.29, 1.82) is 0 Å². The van der Waals surface area contributed by atoms with E-state index in [9.17, 15) is 4.79 Å². The lowest BCUT2D eigenvalue weighted by Crippen LogP contribution is -2.29. The molecule has 0 aliphatic heterocycles. The van der Waals surface area contributed by atoms with Gasteiger partial charge in [0.25, 0.3) is 0 Å². The molecule has 5 nitrogen and oxygen atoms in total. The van der Waals surface area contributed by atoms with Crippen LogP contribution < -0.4 is 11.1 Å². The highest BCUT2D eigenvalue weighted by Crippen LogP contribution is 2.15. The third kappa shape index (κ3) is 4.00. The van der Waals surface area contributed by atoms with Gasteiger partial charge in [-0.3, -0.25) is 4.79 Å². The van der Waals surface area contributed by atoms with Gasteiger partial charge in [0.1, 0.15) is 0 Å². The Bertz CT molecular complexity index is 838. The van der Waals surface area contributed by atoms with Crippen LogP contribution in [-0.4, -0.2) is 21.5 Å². The second-order valence-corrected chi connectivity index (χ2v) is 6.14. The van der Waals surface area contributed by atoms with Crippen LogP contribution in [0.1, 0.15) is 24.5 Å². The zero-order valence-corrected chi connectivity index (χ0v) is 13.8. The predicted octanol–water partition coefficient (Wildman–Crippen LogP) is 2.44. The second kappa shape index (κ2) is 7.27. The topological polar surface area (TPSA) is 72.9 Å². The first kappa shape index (κ1) is 16.2. The van der Waals surface area contributed by atoms with Crippen molar-refractivity contribution >= 4 is 16.9 Å². The summed E-state index contributed by atoms with van der Waals surface area (Å²) in [5, 5.41) is 2.91. The number of nitrogens with two attached hydrogens (primary N) is 1. The van der Waals surface area contributed by atoms with Crippen LogP contribution in [0.4, 0.5) is 0 Å². The number of amides is 1. The quantitative estimate of drug-likeness (QED) is 0.732. The molecule has 1 amide bonds. The number of rotatable bonds is 6. The van der Waals surface area contributed by atoms with Gasteiger partial charge < -0.3 is 15.6 Å². The summed E-state index contributed by atoms with van der Waals surface area (Å²) in [5.74, 6) is -0.0176. The number of carbonyl (C=O) groups excluding carboxylic acids is 1. The zero-order chi connectivity index (χ0) is 16.9. The minimum absolute atomic E-state index is 0.0176. The molecule has 1 aromatic heterocycles. The molecule has 3 rings (SSSR count). The Labute approximate surface area is 141 Å². The van der Waals surface area contributed by atoms with Crippen LogP contribution in [0, 0.1) is 0 Å². The molecule has 0 fully saturated rings. The Balaban J connectivity index is 1.68. The third-order valence-corrected chi connectivity index (χ3v) is 3.87. The highest BCUT2D eigenvalue weighted by molar-refractivity contribution is 5.76. The maximum absolute atomic E-state index is 11.7. The summed E-state index contributed by atoms with van der Waals surface area (Å²) in [5.41, 5.74) is 10.0. The van der Waals surface area contributed by atoms with E-state index >= 15 is 0 Å². The van der Waals surface area contributed by atoms with Crippen LogP contribution in [0.25, 0.3) is 11.0 Å². The van der Waals surface area contributed by atoms with Crippen molar-refractivity contribution in [2.24, 2.45) is 5.73 Å². The number of benzene rings is 2. The zero-order valence-electron chi connectivity index (χ0n) is 13.8. The normalized spacial score (nSPS) is 12.2. The van der Waals surface area contributed by atoms with Crippen molar-refractivity contribution in [3.8, 4) is 0 Å². The van der Waals surface area contributed by atoms with Crippen molar-refractivity contribution in [1.82, 2.24) is 14.9 Å². The Hall–Kier alpha value is -2.66. The van der Waals surface area contributed by atoms with Gasteiger partial charge in [0, 0.05) is 25.6 Å². The van der Waals surface area contributed by atoms with E-state index in [1.54, 1.807) is 0 Å². The second-order valence-electron chi connectivity index (χ2n) is 6.14.